The highest BCUT2D eigenvalue weighted by Crippen LogP contribution is 2.34. The van der Waals surface area contributed by atoms with Crippen LogP contribution in [-0.4, -0.2) is 29.2 Å². The van der Waals surface area contributed by atoms with E-state index in [1.807, 2.05) is 31.7 Å². The first-order valence-electron chi connectivity index (χ1n) is 7.58. The van der Waals surface area contributed by atoms with Crippen molar-refractivity contribution >= 4 is 17.4 Å². The molecule has 1 fully saturated rings. The van der Waals surface area contributed by atoms with E-state index < -0.39 is 5.60 Å². The standard InChI is InChI=1S/C17H25NO2S/c1-5-13(15-10-8-12-21-15)14-9-6-7-11-18(14)16(19)20-17(2,3)4/h5,8,10,12-14H,1,6-7,9,11H2,2-4H3. The summed E-state index contributed by atoms with van der Waals surface area (Å²) in [6, 6.07) is 4.33. The second-order valence-corrected chi connectivity index (χ2v) is 7.49. The van der Waals surface area contributed by atoms with E-state index in [0.29, 0.717) is 0 Å². The van der Waals surface area contributed by atoms with Gasteiger partial charge in [0.15, 0.2) is 0 Å². The van der Waals surface area contributed by atoms with E-state index >= 15 is 0 Å². The third-order valence-corrected chi connectivity index (χ3v) is 4.69. The number of thiophene rings is 1. The molecule has 1 amide bonds. The summed E-state index contributed by atoms with van der Waals surface area (Å²) < 4.78 is 5.58. The molecule has 1 aliphatic rings. The van der Waals surface area contributed by atoms with Crippen LogP contribution in [0.2, 0.25) is 0 Å². The Labute approximate surface area is 131 Å². The number of hydrogen-bond acceptors (Lipinski definition) is 3. The average molecular weight is 307 g/mol. The molecule has 21 heavy (non-hydrogen) atoms. The molecule has 1 aromatic rings. The third-order valence-electron chi connectivity index (χ3n) is 3.72. The van der Waals surface area contributed by atoms with Gasteiger partial charge in [0.25, 0.3) is 0 Å². The van der Waals surface area contributed by atoms with Gasteiger partial charge in [-0.25, -0.2) is 4.79 Å². The first kappa shape index (κ1) is 16.1. The van der Waals surface area contributed by atoms with Gasteiger partial charge in [0, 0.05) is 23.4 Å². The smallest absolute Gasteiger partial charge is 0.410 e. The molecule has 2 heterocycles. The van der Waals surface area contributed by atoms with Crippen LogP contribution in [0.25, 0.3) is 0 Å². The lowest BCUT2D eigenvalue weighted by atomic mass is 9.89. The molecule has 1 aromatic heterocycles. The first-order valence-corrected chi connectivity index (χ1v) is 8.46. The predicted octanol–water partition coefficient (Wildman–Crippen LogP) is 4.81. The molecule has 0 saturated carbocycles. The fraction of sp³-hybridized carbons (Fsp3) is 0.588. The number of rotatable bonds is 3. The van der Waals surface area contributed by atoms with Crippen LogP contribution in [0.5, 0.6) is 0 Å². The van der Waals surface area contributed by atoms with Gasteiger partial charge in [-0.3, -0.25) is 0 Å². The summed E-state index contributed by atoms with van der Waals surface area (Å²) in [6.07, 6.45) is 4.98. The minimum Gasteiger partial charge on any atom is -0.444 e. The van der Waals surface area contributed by atoms with E-state index in [0.717, 1.165) is 25.8 Å². The Hall–Kier alpha value is -1.29. The van der Waals surface area contributed by atoms with Gasteiger partial charge >= 0.3 is 6.09 Å². The molecule has 0 bridgehead atoms. The second kappa shape index (κ2) is 6.65. The molecule has 2 atom stereocenters. The molecule has 0 radical (unpaired) electrons. The highest BCUT2D eigenvalue weighted by Gasteiger charge is 2.35. The van der Waals surface area contributed by atoms with E-state index in [2.05, 4.69) is 24.1 Å². The zero-order chi connectivity index (χ0) is 15.5. The van der Waals surface area contributed by atoms with E-state index in [9.17, 15) is 4.79 Å². The van der Waals surface area contributed by atoms with E-state index in [4.69, 9.17) is 4.74 Å². The highest BCUT2D eigenvalue weighted by molar-refractivity contribution is 7.10. The summed E-state index contributed by atoms with van der Waals surface area (Å²) in [5.41, 5.74) is -0.453. The predicted molar refractivity (Wildman–Crippen MR) is 87.8 cm³/mol. The van der Waals surface area contributed by atoms with Crippen LogP contribution in [0.3, 0.4) is 0 Å². The van der Waals surface area contributed by atoms with Crippen LogP contribution in [0.4, 0.5) is 4.79 Å². The van der Waals surface area contributed by atoms with Crippen molar-refractivity contribution in [1.29, 1.82) is 0 Å². The van der Waals surface area contributed by atoms with Gasteiger partial charge < -0.3 is 9.64 Å². The van der Waals surface area contributed by atoms with Gasteiger partial charge in [-0.15, -0.1) is 17.9 Å². The van der Waals surface area contributed by atoms with Gasteiger partial charge in [-0.05, 0) is 51.5 Å². The maximum Gasteiger partial charge on any atom is 0.410 e. The fourth-order valence-corrected chi connectivity index (χ4v) is 3.70. The molecule has 3 nitrogen and oxygen atoms in total. The van der Waals surface area contributed by atoms with Crippen molar-refractivity contribution < 1.29 is 9.53 Å². The van der Waals surface area contributed by atoms with Gasteiger partial charge in [-0.1, -0.05) is 12.1 Å². The maximum absolute atomic E-state index is 12.5. The van der Waals surface area contributed by atoms with Crippen molar-refractivity contribution in [3.63, 3.8) is 0 Å². The van der Waals surface area contributed by atoms with Crippen molar-refractivity contribution in [2.24, 2.45) is 0 Å². The largest absolute Gasteiger partial charge is 0.444 e. The fourth-order valence-electron chi connectivity index (χ4n) is 2.82. The SMILES string of the molecule is C=CC(c1cccs1)C1CCCCN1C(=O)OC(C)(C)C. The Kier molecular flexibility index (Phi) is 5.09. The lowest BCUT2D eigenvalue weighted by Crippen LogP contribution is -2.48. The first-order chi connectivity index (χ1) is 9.92. The summed E-state index contributed by atoms with van der Waals surface area (Å²) in [6.45, 7) is 10.5. The number of carbonyl (C=O) groups is 1. The zero-order valence-corrected chi connectivity index (χ0v) is 14.0. The summed E-state index contributed by atoms with van der Waals surface area (Å²) in [7, 11) is 0. The summed E-state index contributed by atoms with van der Waals surface area (Å²) >= 11 is 1.73. The zero-order valence-electron chi connectivity index (χ0n) is 13.2. The third kappa shape index (κ3) is 4.10. The van der Waals surface area contributed by atoms with Crippen molar-refractivity contribution in [1.82, 2.24) is 4.90 Å². The molecule has 0 spiro atoms. The van der Waals surface area contributed by atoms with Gasteiger partial charge in [0.05, 0.1) is 0 Å². The molecule has 2 unspecified atom stereocenters. The molecule has 2 rings (SSSR count). The Morgan fingerprint density at radius 2 is 2.29 bits per heavy atom. The van der Waals surface area contributed by atoms with Crippen LogP contribution in [-0.2, 0) is 4.74 Å². The number of nitrogens with zero attached hydrogens (tertiary/aromatic N) is 1. The van der Waals surface area contributed by atoms with Crippen LogP contribution in [0.15, 0.2) is 30.2 Å². The van der Waals surface area contributed by atoms with Gasteiger partial charge in [0.2, 0.25) is 0 Å². The molecule has 0 aliphatic carbocycles. The van der Waals surface area contributed by atoms with Crippen LogP contribution >= 0.6 is 11.3 Å². The number of piperidine rings is 1. The number of likely N-dealkylation sites (tertiary alicyclic amines) is 1. The summed E-state index contributed by atoms with van der Waals surface area (Å²) in [5.74, 6) is 0.192. The molecular weight excluding hydrogens is 282 g/mol. The number of amides is 1. The summed E-state index contributed by atoms with van der Waals surface area (Å²) in [5, 5.41) is 2.08. The van der Waals surface area contributed by atoms with Gasteiger partial charge in [-0.2, -0.15) is 0 Å². The molecule has 0 aromatic carbocycles. The van der Waals surface area contributed by atoms with Crippen molar-refractivity contribution in [3.05, 3.63) is 35.0 Å². The normalized spacial score (nSPS) is 20.9. The minimum absolute atomic E-state index is 0.157. The maximum atomic E-state index is 12.5. The van der Waals surface area contributed by atoms with E-state index in [1.54, 1.807) is 11.3 Å². The molecule has 1 saturated heterocycles. The van der Waals surface area contributed by atoms with Crippen molar-refractivity contribution in [3.8, 4) is 0 Å². The minimum atomic E-state index is -0.453. The van der Waals surface area contributed by atoms with Crippen LogP contribution < -0.4 is 0 Å². The van der Waals surface area contributed by atoms with Crippen LogP contribution in [0, 0.1) is 0 Å². The van der Waals surface area contributed by atoms with E-state index in [1.165, 1.54) is 4.88 Å². The van der Waals surface area contributed by atoms with Crippen LogP contribution in [0.1, 0.15) is 50.8 Å². The monoisotopic (exact) mass is 307 g/mol. The summed E-state index contributed by atoms with van der Waals surface area (Å²) in [4.78, 5) is 15.7. The van der Waals surface area contributed by atoms with Crippen molar-refractivity contribution in [2.45, 2.75) is 57.6 Å². The average Bonchev–Trinajstić information content (AvgIpc) is 2.92. The Morgan fingerprint density at radius 1 is 1.52 bits per heavy atom. The quantitative estimate of drug-likeness (QED) is 0.750. The van der Waals surface area contributed by atoms with Gasteiger partial charge in [0.1, 0.15) is 5.60 Å². The molecule has 0 N–H and O–H groups in total. The number of carbonyl (C=O) groups excluding carboxylic acids is 1. The lowest BCUT2D eigenvalue weighted by Gasteiger charge is -2.39. The molecule has 1 aliphatic heterocycles. The Morgan fingerprint density at radius 3 is 2.86 bits per heavy atom. The highest BCUT2D eigenvalue weighted by atomic mass is 32.1. The second-order valence-electron chi connectivity index (χ2n) is 6.51. The number of ether oxygens (including phenoxy) is 1. The lowest BCUT2D eigenvalue weighted by molar-refractivity contribution is 0.00827. The molecule has 116 valence electrons. The number of hydrogen-bond donors (Lipinski definition) is 0. The molecule has 4 heteroatoms. The van der Waals surface area contributed by atoms with E-state index in [-0.39, 0.29) is 18.1 Å². The Balaban J connectivity index is 2.18. The Bertz CT molecular complexity index is 475. The van der Waals surface area contributed by atoms with Crippen molar-refractivity contribution in [2.75, 3.05) is 6.54 Å². The molecular formula is C17H25NO2S. The topological polar surface area (TPSA) is 29.5 Å².